The van der Waals surface area contributed by atoms with E-state index in [0.29, 0.717) is 25.9 Å². The number of amides is 1. The Labute approximate surface area is 185 Å². The lowest BCUT2D eigenvalue weighted by Crippen LogP contribution is -2.32. The molecule has 0 unspecified atom stereocenters. The predicted molar refractivity (Wildman–Crippen MR) is 111 cm³/mol. The molecular weight excluding hydrogens is 473 g/mol. The highest BCUT2D eigenvalue weighted by Gasteiger charge is 2.34. The van der Waals surface area contributed by atoms with Crippen molar-refractivity contribution in [2.24, 2.45) is 5.92 Å². The summed E-state index contributed by atoms with van der Waals surface area (Å²) in [5.74, 6) is -2.48. The number of carbonyl (C=O) groups is 1. The number of hydrogen-bond acceptors (Lipinski definition) is 6. The number of hydrogen-bond donors (Lipinski definition) is 1. The van der Waals surface area contributed by atoms with E-state index in [-0.39, 0.29) is 34.3 Å². The van der Waals surface area contributed by atoms with E-state index in [4.69, 9.17) is 4.74 Å². The lowest BCUT2D eigenvalue weighted by Gasteiger charge is -2.21. The molecule has 1 amide bonds. The minimum absolute atomic E-state index is 0.0820. The highest BCUT2D eigenvalue weighted by molar-refractivity contribution is 7.91. The average Bonchev–Trinajstić information content (AvgIpc) is 2.90. The van der Waals surface area contributed by atoms with Gasteiger partial charge in [-0.25, -0.2) is 16.8 Å². The fourth-order valence-corrected chi connectivity index (χ4v) is 7.01. The zero-order chi connectivity index (χ0) is 23.6. The standard InChI is InChI=1S/C19H25F3N2O6S2/c20-19(21,22)13-30-17-6-5-15(32(28,29)24-8-3-1-2-4-9-24)11-16(17)23-18(25)14-7-10-31(26,27)12-14/h5-6,11,14H,1-4,7-10,12-13H2,(H,23,25)/t14-/m1/s1. The molecule has 1 atom stereocenters. The van der Waals surface area contributed by atoms with E-state index in [1.165, 1.54) is 4.31 Å². The number of ether oxygens (including phenoxy) is 1. The van der Waals surface area contributed by atoms with E-state index in [2.05, 4.69) is 5.32 Å². The molecule has 1 N–H and O–H groups in total. The van der Waals surface area contributed by atoms with Crippen molar-refractivity contribution in [1.82, 2.24) is 4.31 Å². The van der Waals surface area contributed by atoms with E-state index in [9.17, 15) is 34.8 Å². The Hall–Kier alpha value is -1.86. The van der Waals surface area contributed by atoms with Gasteiger partial charge in [-0.3, -0.25) is 4.79 Å². The molecule has 0 saturated carbocycles. The summed E-state index contributed by atoms with van der Waals surface area (Å²) in [6.07, 6.45) is -1.35. The Balaban J connectivity index is 1.89. The second-order valence-electron chi connectivity index (χ2n) is 7.97. The van der Waals surface area contributed by atoms with Crippen LogP contribution in [0.4, 0.5) is 18.9 Å². The van der Waals surface area contributed by atoms with Gasteiger partial charge in [0.05, 0.1) is 28.0 Å². The fraction of sp³-hybridized carbons (Fsp3) is 0.632. The lowest BCUT2D eigenvalue weighted by molar-refractivity contribution is -0.153. The van der Waals surface area contributed by atoms with Crippen LogP contribution in [0.25, 0.3) is 0 Å². The van der Waals surface area contributed by atoms with Gasteiger partial charge in [0.25, 0.3) is 0 Å². The van der Waals surface area contributed by atoms with E-state index in [0.717, 1.165) is 31.0 Å². The molecule has 0 aliphatic carbocycles. The fourth-order valence-electron chi connectivity index (χ4n) is 3.72. The first-order valence-corrected chi connectivity index (χ1v) is 13.5. The molecule has 1 aromatic carbocycles. The first kappa shape index (κ1) is 24.8. The van der Waals surface area contributed by atoms with Gasteiger partial charge in [0.15, 0.2) is 16.4 Å². The number of anilines is 1. The van der Waals surface area contributed by atoms with E-state index in [1.54, 1.807) is 0 Å². The van der Waals surface area contributed by atoms with Crippen LogP contribution in [0.5, 0.6) is 5.75 Å². The summed E-state index contributed by atoms with van der Waals surface area (Å²) in [5.41, 5.74) is -0.251. The van der Waals surface area contributed by atoms with Crippen LogP contribution < -0.4 is 10.1 Å². The molecule has 2 aliphatic rings. The molecule has 2 aliphatic heterocycles. The van der Waals surface area contributed by atoms with Crippen molar-refractivity contribution in [3.63, 3.8) is 0 Å². The Kier molecular flexibility index (Phi) is 7.40. The Morgan fingerprint density at radius 1 is 1.16 bits per heavy atom. The maximum Gasteiger partial charge on any atom is 0.422 e. The Morgan fingerprint density at radius 2 is 1.81 bits per heavy atom. The topological polar surface area (TPSA) is 110 Å². The molecule has 0 radical (unpaired) electrons. The number of rotatable bonds is 6. The number of carbonyl (C=O) groups excluding carboxylic acids is 1. The summed E-state index contributed by atoms with van der Waals surface area (Å²) in [7, 11) is -7.30. The number of nitrogens with zero attached hydrogens (tertiary/aromatic N) is 1. The molecule has 1 aromatic rings. The molecule has 2 heterocycles. The molecule has 2 fully saturated rings. The smallest absolute Gasteiger partial charge is 0.422 e. The number of nitrogens with one attached hydrogen (secondary N) is 1. The monoisotopic (exact) mass is 498 g/mol. The molecule has 180 valence electrons. The quantitative estimate of drug-likeness (QED) is 0.646. The van der Waals surface area contributed by atoms with Crippen molar-refractivity contribution in [3.05, 3.63) is 18.2 Å². The molecule has 2 saturated heterocycles. The molecule has 0 bridgehead atoms. The SMILES string of the molecule is O=C(Nc1cc(S(=O)(=O)N2CCCCCC2)ccc1OCC(F)(F)F)[C@@H]1CCS(=O)(=O)C1. The molecular formula is C19H25F3N2O6S2. The van der Waals surface area contributed by atoms with Crippen LogP contribution in [0.3, 0.4) is 0 Å². The van der Waals surface area contributed by atoms with Gasteiger partial charge in [-0.2, -0.15) is 17.5 Å². The van der Waals surface area contributed by atoms with Crippen LogP contribution >= 0.6 is 0 Å². The first-order chi connectivity index (χ1) is 14.9. The van der Waals surface area contributed by atoms with Crippen molar-refractivity contribution in [1.29, 1.82) is 0 Å². The maximum atomic E-state index is 13.1. The summed E-state index contributed by atoms with van der Waals surface area (Å²) in [6, 6.07) is 3.27. The van der Waals surface area contributed by atoms with Crippen molar-refractivity contribution in [3.8, 4) is 5.75 Å². The van der Waals surface area contributed by atoms with Crippen molar-refractivity contribution in [2.75, 3.05) is 36.5 Å². The highest BCUT2D eigenvalue weighted by atomic mass is 32.2. The molecule has 13 heteroatoms. The predicted octanol–water partition coefficient (Wildman–Crippen LogP) is 2.57. The highest BCUT2D eigenvalue weighted by Crippen LogP contribution is 2.32. The summed E-state index contributed by atoms with van der Waals surface area (Å²) in [4.78, 5) is 12.4. The second kappa shape index (κ2) is 9.56. The number of sulfone groups is 1. The second-order valence-corrected chi connectivity index (χ2v) is 12.1. The minimum atomic E-state index is -4.64. The third-order valence-electron chi connectivity index (χ3n) is 5.41. The van der Waals surface area contributed by atoms with Crippen molar-refractivity contribution in [2.45, 2.75) is 43.2 Å². The van der Waals surface area contributed by atoms with Crippen LogP contribution in [0, 0.1) is 5.92 Å². The zero-order valence-electron chi connectivity index (χ0n) is 17.2. The maximum absolute atomic E-state index is 13.1. The largest absolute Gasteiger partial charge is 0.482 e. The lowest BCUT2D eigenvalue weighted by atomic mass is 10.1. The summed E-state index contributed by atoms with van der Waals surface area (Å²) < 4.78 is 93.4. The zero-order valence-corrected chi connectivity index (χ0v) is 18.9. The van der Waals surface area contributed by atoms with E-state index < -0.39 is 44.5 Å². The van der Waals surface area contributed by atoms with Crippen LogP contribution in [0.2, 0.25) is 0 Å². The van der Waals surface area contributed by atoms with Crippen LogP contribution in [-0.4, -0.2) is 64.4 Å². The molecule has 0 spiro atoms. The molecule has 3 rings (SSSR count). The van der Waals surface area contributed by atoms with Crippen molar-refractivity contribution >= 4 is 31.5 Å². The first-order valence-electron chi connectivity index (χ1n) is 10.2. The number of sulfonamides is 1. The van der Waals surface area contributed by atoms with E-state index >= 15 is 0 Å². The van der Waals surface area contributed by atoms with Gasteiger partial charge in [-0.1, -0.05) is 12.8 Å². The Morgan fingerprint density at radius 3 is 2.38 bits per heavy atom. The van der Waals surface area contributed by atoms with Gasteiger partial charge < -0.3 is 10.1 Å². The van der Waals surface area contributed by atoms with Gasteiger partial charge in [0, 0.05) is 13.1 Å². The van der Waals surface area contributed by atoms with Crippen LogP contribution in [0.1, 0.15) is 32.1 Å². The normalized spacial score (nSPS) is 22.3. The average molecular weight is 499 g/mol. The van der Waals surface area contributed by atoms with E-state index in [1.807, 2.05) is 0 Å². The van der Waals surface area contributed by atoms with Gasteiger partial charge >= 0.3 is 6.18 Å². The Bertz CT molecular complexity index is 1050. The minimum Gasteiger partial charge on any atom is -0.482 e. The third kappa shape index (κ3) is 6.35. The molecule has 32 heavy (non-hydrogen) atoms. The number of benzene rings is 1. The van der Waals surface area contributed by atoms with Gasteiger partial charge in [-0.05, 0) is 37.5 Å². The number of halogens is 3. The number of alkyl halides is 3. The summed E-state index contributed by atoms with van der Waals surface area (Å²) >= 11 is 0. The van der Waals surface area contributed by atoms with Crippen LogP contribution in [0.15, 0.2) is 23.1 Å². The van der Waals surface area contributed by atoms with Gasteiger partial charge in [0.1, 0.15) is 5.75 Å². The van der Waals surface area contributed by atoms with Gasteiger partial charge in [-0.15, -0.1) is 0 Å². The third-order valence-corrected chi connectivity index (χ3v) is 9.07. The van der Waals surface area contributed by atoms with Crippen molar-refractivity contribution < 1.29 is 39.5 Å². The molecule has 0 aromatic heterocycles. The van der Waals surface area contributed by atoms with Crippen LogP contribution in [-0.2, 0) is 24.7 Å². The summed E-state index contributed by atoms with van der Waals surface area (Å²) in [6.45, 7) is -0.974. The van der Waals surface area contributed by atoms with Gasteiger partial charge in [0.2, 0.25) is 15.9 Å². The summed E-state index contributed by atoms with van der Waals surface area (Å²) in [5, 5.41) is 2.38. The molecule has 8 nitrogen and oxygen atoms in total.